The van der Waals surface area contributed by atoms with Crippen LogP contribution < -0.4 is 30.0 Å². The molecular weight excluding hydrogens is 458 g/mol. The summed E-state index contributed by atoms with van der Waals surface area (Å²) >= 11 is 0. The fraction of sp³-hybridized carbons (Fsp3) is 0.286. The van der Waals surface area contributed by atoms with Crippen molar-refractivity contribution in [3.05, 3.63) is 78.4 Å². The van der Waals surface area contributed by atoms with Crippen LogP contribution in [0.4, 0.5) is 11.4 Å². The topological polar surface area (TPSA) is 89.1 Å². The van der Waals surface area contributed by atoms with E-state index in [0.717, 1.165) is 17.0 Å². The Hall–Kier alpha value is -4.20. The summed E-state index contributed by atoms with van der Waals surface area (Å²) in [7, 11) is 0. The average molecular weight is 490 g/mol. The first-order chi connectivity index (χ1) is 17.6. The minimum atomic E-state index is -0.462. The molecule has 188 valence electrons. The van der Waals surface area contributed by atoms with Crippen LogP contribution >= 0.6 is 0 Å². The van der Waals surface area contributed by atoms with Crippen molar-refractivity contribution < 1.29 is 23.8 Å². The SMILES string of the molecule is CCOc1ccc(N2C[C@H](C(=O)NNc3ccc(OCc4ccccc4)c(OCC)c3)CC2=O)cc1. The molecule has 0 unspecified atom stereocenters. The Kier molecular flexibility index (Phi) is 8.28. The molecule has 4 rings (SSSR count). The Bertz CT molecular complexity index is 1170. The van der Waals surface area contributed by atoms with E-state index >= 15 is 0 Å². The number of nitrogens with one attached hydrogen (secondary N) is 2. The largest absolute Gasteiger partial charge is 0.494 e. The lowest BCUT2D eigenvalue weighted by molar-refractivity contribution is -0.125. The maximum absolute atomic E-state index is 12.8. The quantitative estimate of drug-likeness (QED) is 0.384. The van der Waals surface area contributed by atoms with Gasteiger partial charge in [0.15, 0.2) is 11.5 Å². The molecule has 2 N–H and O–H groups in total. The molecule has 0 aromatic heterocycles. The highest BCUT2D eigenvalue weighted by Crippen LogP contribution is 2.31. The number of nitrogens with zero attached hydrogens (tertiary/aromatic N) is 1. The van der Waals surface area contributed by atoms with Crippen LogP contribution in [-0.4, -0.2) is 31.6 Å². The molecule has 1 heterocycles. The van der Waals surface area contributed by atoms with Gasteiger partial charge in [-0.1, -0.05) is 30.3 Å². The van der Waals surface area contributed by atoms with Gasteiger partial charge < -0.3 is 19.1 Å². The van der Waals surface area contributed by atoms with Gasteiger partial charge in [0.2, 0.25) is 11.8 Å². The van der Waals surface area contributed by atoms with Crippen LogP contribution in [0.3, 0.4) is 0 Å². The molecule has 0 spiro atoms. The molecule has 0 bridgehead atoms. The lowest BCUT2D eigenvalue weighted by Gasteiger charge is -2.18. The maximum atomic E-state index is 12.8. The highest BCUT2D eigenvalue weighted by Gasteiger charge is 2.35. The van der Waals surface area contributed by atoms with E-state index < -0.39 is 5.92 Å². The molecule has 1 saturated heterocycles. The number of carbonyl (C=O) groups excluding carboxylic acids is 2. The molecule has 36 heavy (non-hydrogen) atoms. The second kappa shape index (κ2) is 12.0. The van der Waals surface area contributed by atoms with Crippen molar-refractivity contribution >= 4 is 23.2 Å². The van der Waals surface area contributed by atoms with E-state index in [0.29, 0.717) is 43.6 Å². The predicted octanol–water partition coefficient (Wildman–Crippen LogP) is 4.56. The highest BCUT2D eigenvalue weighted by atomic mass is 16.5. The predicted molar refractivity (Wildman–Crippen MR) is 138 cm³/mol. The molecule has 2 amide bonds. The summed E-state index contributed by atoms with van der Waals surface area (Å²) in [4.78, 5) is 27.0. The monoisotopic (exact) mass is 489 g/mol. The van der Waals surface area contributed by atoms with Gasteiger partial charge in [-0.25, -0.2) is 0 Å². The zero-order valence-electron chi connectivity index (χ0n) is 20.5. The van der Waals surface area contributed by atoms with Crippen LogP contribution in [0.25, 0.3) is 0 Å². The molecular formula is C28H31N3O5. The standard InChI is InChI=1S/C28H31N3O5/c1-3-34-24-13-11-23(12-14-24)31-18-21(16-27(31)32)28(33)30-29-22-10-15-25(26(17-22)35-4-2)36-19-20-8-6-5-7-9-20/h5-15,17,21,29H,3-4,16,18-19H2,1-2H3,(H,30,33)/t21-/m1/s1. The Balaban J connectivity index is 1.33. The smallest absolute Gasteiger partial charge is 0.243 e. The number of anilines is 2. The van der Waals surface area contributed by atoms with Crippen LogP contribution in [0, 0.1) is 5.92 Å². The van der Waals surface area contributed by atoms with Crippen molar-refractivity contribution in [2.75, 3.05) is 30.1 Å². The van der Waals surface area contributed by atoms with E-state index in [9.17, 15) is 9.59 Å². The third-order valence-electron chi connectivity index (χ3n) is 5.77. The van der Waals surface area contributed by atoms with Crippen LogP contribution in [0.2, 0.25) is 0 Å². The van der Waals surface area contributed by atoms with Crippen molar-refractivity contribution in [3.8, 4) is 17.2 Å². The second-order valence-electron chi connectivity index (χ2n) is 8.32. The van der Waals surface area contributed by atoms with Crippen LogP contribution in [0.5, 0.6) is 17.2 Å². The summed E-state index contributed by atoms with van der Waals surface area (Å²) < 4.78 is 17.1. The summed E-state index contributed by atoms with van der Waals surface area (Å²) in [6.45, 7) is 5.61. The summed E-state index contributed by atoms with van der Waals surface area (Å²) in [5, 5.41) is 0. The molecule has 8 nitrogen and oxygen atoms in total. The Morgan fingerprint density at radius 1 is 0.917 bits per heavy atom. The van der Waals surface area contributed by atoms with E-state index in [1.807, 2.05) is 68.4 Å². The zero-order valence-corrected chi connectivity index (χ0v) is 20.5. The fourth-order valence-electron chi connectivity index (χ4n) is 3.97. The summed E-state index contributed by atoms with van der Waals surface area (Å²) in [5.74, 6) is 1.14. The Morgan fingerprint density at radius 2 is 1.67 bits per heavy atom. The van der Waals surface area contributed by atoms with E-state index in [2.05, 4.69) is 10.9 Å². The van der Waals surface area contributed by atoms with Crippen molar-refractivity contribution in [1.82, 2.24) is 5.43 Å². The first-order valence-electron chi connectivity index (χ1n) is 12.1. The molecule has 8 heteroatoms. The number of hydrazine groups is 1. The third kappa shape index (κ3) is 6.27. The summed E-state index contributed by atoms with van der Waals surface area (Å²) in [6, 6.07) is 22.6. The van der Waals surface area contributed by atoms with E-state index in [4.69, 9.17) is 14.2 Å². The van der Waals surface area contributed by atoms with E-state index in [1.54, 1.807) is 23.1 Å². The number of hydrogen-bond donors (Lipinski definition) is 2. The third-order valence-corrected chi connectivity index (χ3v) is 5.77. The molecule has 0 saturated carbocycles. The van der Waals surface area contributed by atoms with Gasteiger partial charge in [-0.2, -0.15) is 0 Å². The molecule has 1 aliphatic rings. The number of hydrogen-bond acceptors (Lipinski definition) is 6. The van der Waals surface area contributed by atoms with Gasteiger partial charge in [0.25, 0.3) is 0 Å². The van der Waals surface area contributed by atoms with Crippen LogP contribution in [0.1, 0.15) is 25.8 Å². The highest BCUT2D eigenvalue weighted by molar-refractivity contribution is 6.00. The molecule has 1 aliphatic heterocycles. The normalized spacial score (nSPS) is 14.9. The van der Waals surface area contributed by atoms with Crippen molar-refractivity contribution in [2.45, 2.75) is 26.9 Å². The van der Waals surface area contributed by atoms with Crippen molar-refractivity contribution in [3.63, 3.8) is 0 Å². The van der Waals surface area contributed by atoms with Crippen molar-refractivity contribution in [1.29, 1.82) is 0 Å². The van der Waals surface area contributed by atoms with Gasteiger partial charge in [0.05, 0.1) is 24.8 Å². The molecule has 3 aromatic carbocycles. The van der Waals surface area contributed by atoms with Gasteiger partial charge in [0, 0.05) is 24.7 Å². The fourth-order valence-corrected chi connectivity index (χ4v) is 3.97. The van der Waals surface area contributed by atoms with Gasteiger partial charge in [-0.15, -0.1) is 0 Å². The number of benzene rings is 3. The minimum Gasteiger partial charge on any atom is -0.494 e. The lowest BCUT2D eigenvalue weighted by atomic mass is 10.1. The van der Waals surface area contributed by atoms with Gasteiger partial charge in [0.1, 0.15) is 12.4 Å². The minimum absolute atomic E-state index is 0.0853. The first kappa shape index (κ1) is 24.9. The van der Waals surface area contributed by atoms with Crippen LogP contribution in [0.15, 0.2) is 72.8 Å². The number of rotatable bonds is 11. The average Bonchev–Trinajstić information content (AvgIpc) is 3.30. The van der Waals surface area contributed by atoms with Gasteiger partial charge in [-0.3, -0.25) is 20.4 Å². The number of carbonyl (C=O) groups is 2. The maximum Gasteiger partial charge on any atom is 0.243 e. The molecule has 1 atom stereocenters. The summed E-state index contributed by atoms with van der Waals surface area (Å²) in [6.07, 6.45) is 0.150. The van der Waals surface area contributed by atoms with Crippen molar-refractivity contribution in [2.24, 2.45) is 5.92 Å². The number of amides is 2. The lowest BCUT2D eigenvalue weighted by Crippen LogP contribution is -2.36. The van der Waals surface area contributed by atoms with Gasteiger partial charge >= 0.3 is 0 Å². The molecule has 1 fully saturated rings. The Labute approximate surface area is 211 Å². The molecule has 0 aliphatic carbocycles. The first-order valence-corrected chi connectivity index (χ1v) is 12.1. The Morgan fingerprint density at radius 3 is 2.39 bits per heavy atom. The number of ether oxygens (including phenoxy) is 3. The van der Waals surface area contributed by atoms with E-state index in [1.165, 1.54) is 0 Å². The molecule has 0 radical (unpaired) electrons. The summed E-state index contributed by atoms with van der Waals surface area (Å²) in [5.41, 5.74) is 8.10. The van der Waals surface area contributed by atoms with E-state index in [-0.39, 0.29) is 18.2 Å². The van der Waals surface area contributed by atoms with Crippen LogP contribution in [-0.2, 0) is 16.2 Å². The zero-order chi connectivity index (χ0) is 25.3. The molecule has 3 aromatic rings. The second-order valence-corrected chi connectivity index (χ2v) is 8.32. The van der Waals surface area contributed by atoms with Gasteiger partial charge in [-0.05, 0) is 55.8 Å².